The molecule has 27 heavy (non-hydrogen) atoms. The molecule has 4 nitrogen and oxygen atoms in total. The lowest BCUT2D eigenvalue weighted by Crippen LogP contribution is -2.48. The van der Waals surface area contributed by atoms with Gasteiger partial charge in [0.1, 0.15) is 0 Å². The molecule has 0 aromatic heterocycles. The van der Waals surface area contributed by atoms with Gasteiger partial charge in [-0.05, 0) is 17.7 Å². The van der Waals surface area contributed by atoms with Gasteiger partial charge in [-0.1, -0.05) is 72.5 Å². The lowest BCUT2D eigenvalue weighted by molar-refractivity contribution is -0.240. The maximum absolute atomic E-state index is 12.5. The first-order valence-electron chi connectivity index (χ1n) is 8.70. The lowest BCUT2D eigenvalue weighted by atomic mass is 9.90. The molecule has 4 heteroatoms. The number of carbonyl (C=O) groups excluding carboxylic acids is 2. The summed E-state index contributed by atoms with van der Waals surface area (Å²) in [5.74, 6) is 1.76. The molecule has 1 atom stereocenters. The Morgan fingerprint density at radius 3 is 2.07 bits per heavy atom. The van der Waals surface area contributed by atoms with E-state index >= 15 is 0 Å². The summed E-state index contributed by atoms with van der Waals surface area (Å²) in [6.07, 6.45) is 3.58. The number of carbonyl (C=O) groups is 2. The summed E-state index contributed by atoms with van der Waals surface area (Å²) in [5.41, 5.74) is 1.75. The molecule has 0 amide bonds. The van der Waals surface area contributed by atoms with Crippen LogP contribution < -0.4 is 0 Å². The Labute approximate surface area is 158 Å². The summed E-state index contributed by atoms with van der Waals surface area (Å²) < 4.78 is 10.5. The van der Waals surface area contributed by atoms with Crippen LogP contribution in [0.15, 0.2) is 66.7 Å². The van der Waals surface area contributed by atoms with Crippen LogP contribution in [0.3, 0.4) is 0 Å². The van der Waals surface area contributed by atoms with E-state index in [4.69, 9.17) is 9.47 Å². The number of ether oxygens (including phenoxy) is 2. The van der Waals surface area contributed by atoms with Crippen LogP contribution in [-0.4, -0.2) is 17.7 Å². The van der Waals surface area contributed by atoms with Crippen molar-refractivity contribution < 1.29 is 19.1 Å². The fourth-order valence-corrected chi connectivity index (χ4v) is 2.73. The van der Waals surface area contributed by atoms with Crippen LogP contribution in [0.1, 0.15) is 25.0 Å². The second kappa shape index (κ2) is 7.92. The van der Waals surface area contributed by atoms with Gasteiger partial charge in [-0.25, -0.2) is 0 Å². The largest absolute Gasteiger partial charge is 0.422 e. The Morgan fingerprint density at radius 1 is 0.926 bits per heavy atom. The third-order valence-corrected chi connectivity index (χ3v) is 4.01. The van der Waals surface area contributed by atoms with Crippen LogP contribution in [0.5, 0.6) is 0 Å². The molecule has 2 aromatic rings. The summed E-state index contributed by atoms with van der Waals surface area (Å²) in [5, 5.41) is 0. The molecule has 3 rings (SSSR count). The SMILES string of the molecule is CC1(C)OC(=O)C(C(C#Cc2ccccc2)/C=C/c2ccccc2)C(=O)O1. The van der Waals surface area contributed by atoms with Crippen molar-refractivity contribution in [1.82, 2.24) is 0 Å². The van der Waals surface area contributed by atoms with Crippen LogP contribution >= 0.6 is 0 Å². The molecule has 0 bridgehead atoms. The van der Waals surface area contributed by atoms with Crippen LogP contribution in [0.25, 0.3) is 6.08 Å². The molecular weight excluding hydrogens is 340 g/mol. The number of cyclic esters (lactones) is 2. The van der Waals surface area contributed by atoms with Gasteiger partial charge in [0.25, 0.3) is 5.79 Å². The van der Waals surface area contributed by atoms with Crippen molar-refractivity contribution in [2.75, 3.05) is 0 Å². The highest BCUT2D eigenvalue weighted by molar-refractivity contribution is 5.97. The zero-order valence-electron chi connectivity index (χ0n) is 15.2. The third-order valence-electron chi connectivity index (χ3n) is 4.01. The Kier molecular flexibility index (Phi) is 5.42. The standard InChI is InChI=1S/C23H20O4/c1-23(2)26-21(24)20(22(25)27-23)19(15-13-17-9-5-3-6-10-17)16-14-18-11-7-4-8-12-18/h3-13,15,19-20H,1-2H3/b15-13+. The summed E-state index contributed by atoms with van der Waals surface area (Å²) in [7, 11) is 0. The first-order chi connectivity index (χ1) is 12.9. The molecule has 2 aromatic carbocycles. The minimum absolute atomic E-state index is 0.624. The zero-order chi connectivity index (χ0) is 19.3. The molecule has 1 heterocycles. The van der Waals surface area contributed by atoms with E-state index in [-0.39, 0.29) is 0 Å². The summed E-state index contributed by atoms with van der Waals surface area (Å²) in [4.78, 5) is 24.9. The van der Waals surface area contributed by atoms with Crippen LogP contribution in [0, 0.1) is 23.7 Å². The van der Waals surface area contributed by atoms with Gasteiger partial charge in [-0.15, -0.1) is 0 Å². The highest BCUT2D eigenvalue weighted by Gasteiger charge is 2.46. The van der Waals surface area contributed by atoms with E-state index < -0.39 is 29.6 Å². The van der Waals surface area contributed by atoms with Crippen molar-refractivity contribution in [3.8, 4) is 11.8 Å². The van der Waals surface area contributed by atoms with Gasteiger partial charge in [0.2, 0.25) is 0 Å². The highest BCUT2D eigenvalue weighted by atomic mass is 16.7. The van der Waals surface area contributed by atoms with E-state index in [1.807, 2.05) is 66.7 Å². The minimum atomic E-state index is -1.26. The second-order valence-corrected chi connectivity index (χ2v) is 6.65. The molecule has 0 radical (unpaired) electrons. The van der Waals surface area contributed by atoms with Crippen molar-refractivity contribution in [1.29, 1.82) is 0 Å². The summed E-state index contributed by atoms with van der Waals surface area (Å²) in [6.45, 7) is 3.06. The average Bonchev–Trinajstić information content (AvgIpc) is 2.63. The zero-order valence-corrected chi connectivity index (χ0v) is 15.2. The smallest absolute Gasteiger partial charge is 0.325 e. The van der Waals surface area contributed by atoms with E-state index in [2.05, 4.69) is 11.8 Å². The van der Waals surface area contributed by atoms with Gasteiger partial charge >= 0.3 is 11.9 Å². The van der Waals surface area contributed by atoms with E-state index in [1.54, 1.807) is 6.08 Å². The molecular formula is C23H20O4. The predicted octanol–water partition coefficient (Wildman–Crippen LogP) is 3.82. The number of benzene rings is 2. The molecule has 1 saturated heterocycles. The number of esters is 2. The van der Waals surface area contributed by atoms with Crippen LogP contribution in [0.4, 0.5) is 0 Å². The third kappa shape index (κ3) is 4.86. The normalized spacial score (nSPS) is 17.6. The molecule has 0 N–H and O–H groups in total. The van der Waals surface area contributed by atoms with Crippen molar-refractivity contribution in [3.05, 3.63) is 77.9 Å². The maximum Gasteiger partial charge on any atom is 0.325 e. The Morgan fingerprint density at radius 2 is 1.48 bits per heavy atom. The average molecular weight is 360 g/mol. The number of allylic oxidation sites excluding steroid dienone is 1. The molecule has 0 saturated carbocycles. The monoisotopic (exact) mass is 360 g/mol. The number of rotatable bonds is 3. The molecule has 136 valence electrons. The van der Waals surface area contributed by atoms with Gasteiger partial charge in [-0.3, -0.25) is 9.59 Å². The van der Waals surface area contributed by atoms with Crippen molar-refractivity contribution >= 4 is 18.0 Å². The topological polar surface area (TPSA) is 52.6 Å². The van der Waals surface area contributed by atoms with Crippen molar-refractivity contribution in [2.24, 2.45) is 11.8 Å². The van der Waals surface area contributed by atoms with Crippen molar-refractivity contribution in [3.63, 3.8) is 0 Å². The maximum atomic E-state index is 12.5. The number of hydrogen-bond donors (Lipinski definition) is 0. The number of hydrogen-bond acceptors (Lipinski definition) is 4. The van der Waals surface area contributed by atoms with Gasteiger partial charge < -0.3 is 9.47 Å². The Balaban J connectivity index is 1.92. The van der Waals surface area contributed by atoms with Gasteiger partial charge in [0, 0.05) is 19.4 Å². The fraction of sp³-hybridized carbons (Fsp3) is 0.217. The Hall–Kier alpha value is -3.32. The van der Waals surface area contributed by atoms with E-state index in [9.17, 15) is 9.59 Å². The fourth-order valence-electron chi connectivity index (χ4n) is 2.73. The van der Waals surface area contributed by atoms with Crippen molar-refractivity contribution in [2.45, 2.75) is 19.6 Å². The van der Waals surface area contributed by atoms with Gasteiger partial charge in [0.05, 0.1) is 5.92 Å². The molecule has 1 aliphatic rings. The van der Waals surface area contributed by atoms with Gasteiger partial charge in [-0.2, -0.15) is 0 Å². The summed E-state index contributed by atoms with van der Waals surface area (Å²) >= 11 is 0. The first-order valence-corrected chi connectivity index (χ1v) is 8.70. The minimum Gasteiger partial charge on any atom is -0.422 e. The molecule has 0 aliphatic carbocycles. The lowest BCUT2D eigenvalue weighted by Gasteiger charge is -2.34. The van der Waals surface area contributed by atoms with E-state index in [0.29, 0.717) is 0 Å². The predicted molar refractivity (Wildman–Crippen MR) is 102 cm³/mol. The van der Waals surface area contributed by atoms with Crippen LogP contribution in [0.2, 0.25) is 0 Å². The van der Waals surface area contributed by atoms with E-state index in [1.165, 1.54) is 13.8 Å². The molecule has 1 unspecified atom stereocenters. The van der Waals surface area contributed by atoms with Crippen LogP contribution in [-0.2, 0) is 19.1 Å². The quantitative estimate of drug-likeness (QED) is 0.474. The van der Waals surface area contributed by atoms with E-state index in [0.717, 1.165) is 11.1 Å². The highest BCUT2D eigenvalue weighted by Crippen LogP contribution is 2.28. The molecule has 1 fully saturated rings. The second-order valence-electron chi connectivity index (χ2n) is 6.65. The van der Waals surface area contributed by atoms with Gasteiger partial charge in [0.15, 0.2) is 5.92 Å². The Bertz CT molecular complexity index is 882. The first kappa shape index (κ1) is 18.5. The molecule has 0 spiro atoms. The summed E-state index contributed by atoms with van der Waals surface area (Å²) in [6, 6.07) is 19.0. The molecule has 1 aliphatic heterocycles.